The molecule has 0 aliphatic rings. The van der Waals surface area contributed by atoms with E-state index in [0.717, 1.165) is 76.0 Å². The van der Waals surface area contributed by atoms with Crippen molar-refractivity contribution in [3.8, 4) is 0 Å². The Morgan fingerprint density at radius 3 is 1.68 bits per heavy atom. The number of unbranched alkanes of at least 4 members (excludes halogenated alkanes) is 4. The van der Waals surface area contributed by atoms with Crippen LogP contribution in [0.25, 0.3) is 0 Å². The average Bonchev–Trinajstić information content (AvgIpc) is 3.17. The summed E-state index contributed by atoms with van der Waals surface area (Å²) in [5.41, 5.74) is 0. The molecule has 0 amide bonds. The van der Waals surface area contributed by atoms with Crippen molar-refractivity contribution < 1.29 is 9.32 Å². The predicted molar refractivity (Wildman–Crippen MR) is 110 cm³/mol. The molecule has 0 bridgehead atoms. The van der Waals surface area contributed by atoms with Crippen LogP contribution in [-0.4, -0.2) is 40.6 Å². The third-order valence-corrected chi connectivity index (χ3v) is 11.8. The third-order valence-electron chi connectivity index (χ3n) is 5.34. The molecule has 1 aromatic heterocycles. The molecule has 25 heavy (non-hydrogen) atoms. The van der Waals surface area contributed by atoms with Gasteiger partial charge in [-0.1, -0.05) is 0 Å². The van der Waals surface area contributed by atoms with E-state index in [0.29, 0.717) is 5.82 Å². The van der Waals surface area contributed by atoms with Gasteiger partial charge in [0.1, 0.15) is 0 Å². The van der Waals surface area contributed by atoms with Crippen molar-refractivity contribution in [3.05, 3.63) is 18.2 Å². The van der Waals surface area contributed by atoms with Gasteiger partial charge in [-0.2, -0.15) is 0 Å². The monoisotopic (exact) mass is 370 g/mol. The van der Waals surface area contributed by atoms with Gasteiger partial charge >= 0.3 is 154 Å². The van der Waals surface area contributed by atoms with E-state index >= 15 is 0 Å². The van der Waals surface area contributed by atoms with E-state index in [9.17, 15) is 4.79 Å². The summed E-state index contributed by atoms with van der Waals surface area (Å²) in [4.78, 5) is 20.0. The van der Waals surface area contributed by atoms with Crippen LogP contribution in [0.3, 0.4) is 0 Å². The molecule has 0 spiro atoms. The van der Waals surface area contributed by atoms with Crippen LogP contribution in [0.4, 0.5) is 0 Å². The number of carbonyl (C=O) groups excluding carboxylic acids is 1. The Bertz CT molecular complexity index is 444. The van der Waals surface area contributed by atoms with Crippen LogP contribution in [0.1, 0.15) is 89.7 Å². The molecule has 0 aliphatic heterocycles. The fraction of sp³-hybridized carbons (Fsp3) is 0.800. The Morgan fingerprint density at radius 2 is 1.36 bits per heavy atom. The molecule has 1 rings (SSSR count). The Balaban J connectivity index is 3.23. The zero-order valence-electron chi connectivity index (χ0n) is 16.9. The first kappa shape index (κ1) is 22.2. The van der Waals surface area contributed by atoms with Crippen molar-refractivity contribution in [1.29, 1.82) is 0 Å². The van der Waals surface area contributed by atoms with E-state index in [4.69, 9.17) is 4.52 Å². The number of hydrogen-bond acceptors (Lipinski definition) is 3. The first-order valence-corrected chi connectivity index (χ1v) is 13.2. The van der Waals surface area contributed by atoms with Crippen molar-refractivity contribution >= 4 is 12.8 Å². The zero-order chi connectivity index (χ0) is 18.6. The second-order valence-electron chi connectivity index (χ2n) is 7.48. The van der Waals surface area contributed by atoms with Gasteiger partial charge in [-0.3, -0.25) is 0 Å². The number of nitrogens with zero attached hydrogens (tertiary/aromatic N) is 1. The molecule has 0 aliphatic carbocycles. The Labute approximate surface area is 154 Å². The first-order chi connectivity index (χ1) is 12.0. The molecule has 146 valence electrons. The van der Waals surface area contributed by atoms with Crippen LogP contribution in [0, 0.1) is 0 Å². The summed E-state index contributed by atoms with van der Waals surface area (Å²) < 4.78 is 6.58. The van der Waals surface area contributed by atoms with E-state index in [1.54, 1.807) is 12.4 Å². The van der Waals surface area contributed by atoms with Gasteiger partial charge in [0, 0.05) is 0 Å². The summed E-state index contributed by atoms with van der Waals surface area (Å²) in [6.07, 6.45) is 16.9. The molecular formula is C20H39N2O2P. The van der Waals surface area contributed by atoms with E-state index in [1.807, 2.05) is 0 Å². The van der Waals surface area contributed by atoms with Crippen LogP contribution >= 0.6 is 6.83 Å². The summed E-state index contributed by atoms with van der Waals surface area (Å²) in [5, 5.41) is 0. The molecule has 1 heterocycles. The van der Waals surface area contributed by atoms with Gasteiger partial charge in [-0.25, -0.2) is 0 Å². The summed E-state index contributed by atoms with van der Waals surface area (Å²) >= 11 is 0. The van der Waals surface area contributed by atoms with Crippen LogP contribution in [0.15, 0.2) is 12.4 Å². The number of imidazole rings is 1. The maximum atomic E-state index is 12.9. The predicted octanol–water partition coefficient (Wildman–Crippen LogP) is 6.24. The number of nitrogens with one attached hydrogen (secondary N) is 1. The zero-order valence-corrected chi connectivity index (χ0v) is 17.7. The summed E-state index contributed by atoms with van der Waals surface area (Å²) in [6, 6.07) is 0. The minimum absolute atomic E-state index is 0.234. The van der Waals surface area contributed by atoms with Crippen LogP contribution in [0.5, 0.6) is 0 Å². The Morgan fingerprint density at radius 1 is 0.920 bits per heavy atom. The van der Waals surface area contributed by atoms with E-state index < -0.39 is 6.83 Å². The number of carbonyl (C=O) groups is 1. The molecule has 0 unspecified atom stereocenters. The van der Waals surface area contributed by atoms with Crippen molar-refractivity contribution in [3.63, 3.8) is 0 Å². The summed E-state index contributed by atoms with van der Waals surface area (Å²) in [7, 11) is 0. The molecule has 4 nitrogen and oxygen atoms in total. The summed E-state index contributed by atoms with van der Waals surface area (Å²) in [6.45, 7) is 6.39. The molecule has 0 saturated heterocycles. The molecule has 0 aromatic carbocycles. The molecule has 0 saturated carbocycles. The van der Waals surface area contributed by atoms with Crippen LogP contribution in [0.2, 0.25) is 0 Å². The van der Waals surface area contributed by atoms with E-state index in [2.05, 4.69) is 37.7 Å². The second-order valence-corrected chi connectivity index (χ2v) is 13.2. The first-order valence-electron chi connectivity index (χ1n) is 10.3. The molecular weight excluding hydrogens is 331 g/mol. The van der Waals surface area contributed by atoms with Crippen LogP contribution in [-0.2, 0) is 4.52 Å². The average molecular weight is 371 g/mol. The molecule has 0 fully saturated rings. The van der Waals surface area contributed by atoms with Gasteiger partial charge in [-0.05, 0) is 0 Å². The minimum atomic E-state index is -2.55. The van der Waals surface area contributed by atoms with Crippen molar-refractivity contribution in [2.75, 3.05) is 24.6 Å². The van der Waals surface area contributed by atoms with Gasteiger partial charge in [0.05, 0.1) is 0 Å². The fourth-order valence-corrected chi connectivity index (χ4v) is 10.5. The quantitative estimate of drug-likeness (QED) is 0.395. The van der Waals surface area contributed by atoms with Gasteiger partial charge in [0.2, 0.25) is 0 Å². The maximum absolute atomic E-state index is 12.9. The number of rotatable bonds is 14. The van der Waals surface area contributed by atoms with E-state index in [-0.39, 0.29) is 5.97 Å². The number of aromatic amines is 1. The van der Waals surface area contributed by atoms with Gasteiger partial charge in [-0.15, -0.1) is 0 Å². The Hall–Kier alpha value is -0.890. The number of H-pyrrole nitrogens is 1. The Kier molecular flexibility index (Phi) is 9.71. The topological polar surface area (TPSA) is 55.0 Å². The van der Waals surface area contributed by atoms with E-state index in [1.165, 1.54) is 0 Å². The van der Waals surface area contributed by atoms with Gasteiger partial charge in [0.15, 0.2) is 0 Å². The second kappa shape index (κ2) is 11.0. The van der Waals surface area contributed by atoms with Crippen molar-refractivity contribution in [2.45, 2.75) is 79.1 Å². The van der Waals surface area contributed by atoms with Gasteiger partial charge in [0.25, 0.3) is 0 Å². The van der Waals surface area contributed by atoms with Crippen LogP contribution < -0.4 is 0 Å². The number of aromatic nitrogens is 2. The standard InChI is InChI=1S/C20H39N2O2P/c1-5-9-15-25(16-10-6-2,17-11-7-3,18-12-8-4)24-20(23)19-21-13-14-22-19/h13-14H,5-12,15-18H2,1-4H3,(H,21,22). The normalized spacial score (nSPS) is 13.4. The third kappa shape index (κ3) is 6.40. The van der Waals surface area contributed by atoms with Gasteiger partial charge < -0.3 is 0 Å². The summed E-state index contributed by atoms with van der Waals surface area (Å²) in [5.74, 6) is 0.122. The van der Waals surface area contributed by atoms with Crippen molar-refractivity contribution in [2.24, 2.45) is 0 Å². The molecule has 5 heteroatoms. The molecule has 0 atom stereocenters. The van der Waals surface area contributed by atoms with Crippen molar-refractivity contribution in [1.82, 2.24) is 9.97 Å². The number of hydrogen-bond donors (Lipinski definition) is 1. The molecule has 1 aromatic rings. The molecule has 1 N–H and O–H groups in total. The fourth-order valence-electron chi connectivity index (χ4n) is 3.74. The SMILES string of the molecule is CCCCP(CCCC)(CCCC)(CCCC)OC(=O)c1ncc[nH]1. The molecule has 0 radical (unpaired) electrons.